The topological polar surface area (TPSA) is 44.7 Å². The minimum absolute atomic E-state index is 0.158. The summed E-state index contributed by atoms with van der Waals surface area (Å²) in [6.07, 6.45) is 8.09. The first-order valence-electron chi connectivity index (χ1n) is 7.92. The van der Waals surface area contributed by atoms with E-state index in [4.69, 9.17) is 0 Å². The van der Waals surface area contributed by atoms with Gasteiger partial charge in [0.15, 0.2) is 0 Å². The largest absolute Gasteiger partial charge is 0.337 e. The van der Waals surface area contributed by atoms with Crippen molar-refractivity contribution in [2.75, 3.05) is 7.05 Å². The standard InChI is InChI=1S/C16H27N3O/c1-5-8-9-13-14(17-4)19-12(6-2)10-11-16(19,7-3)15(20)18-13/h9,12H,5-8,10-11H2,1-4H3,(H,18,20)/b13-9+,17-14?. The van der Waals surface area contributed by atoms with E-state index in [1.165, 1.54) is 0 Å². The van der Waals surface area contributed by atoms with E-state index in [1.807, 2.05) is 7.05 Å². The molecule has 0 aromatic rings. The normalized spacial score (nSPS) is 33.7. The highest BCUT2D eigenvalue weighted by Gasteiger charge is 2.54. The van der Waals surface area contributed by atoms with Crippen LogP contribution in [-0.2, 0) is 4.79 Å². The number of fused-ring (bicyclic) bond motifs is 1. The summed E-state index contributed by atoms with van der Waals surface area (Å²) in [6.45, 7) is 6.45. The van der Waals surface area contributed by atoms with Gasteiger partial charge >= 0.3 is 0 Å². The van der Waals surface area contributed by atoms with Crippen LogP contribution in [0.3, 0.4) is 0 Å². The molecule has 2 saturated heterocycles. The molecule has 0 radical (unpaired) electrons. The zero-order valence-corrected chi connectivity index (χ0v) is 13.2. The smallest absolute Gasteiger partial charge is 0.250 e. The Balaban J connectivity index is 2.44. The van der Waals surface area contributed by atoms with Crippen LogP contribution in [0.25, 0.3) is 0 Å². The van der Waals surface area contributed by atoms with Crippen LogP contribution >= 0.6 is 0 Å². The molecule has 0 aromatic heterocycles. The average Bonchev–Trinajstić information content (AvgIpc) is 2.85. The summed E-state index contributed by atoms with van der Waals surface area (Å²) in [5.41, 5.74) is 0.530. The van der Waals surface area contributed by atoms with Gasteiger partial charge in [-0.1, -0.05) is 33.3 Å². The van der Waals surface area contributed by atoms with E-state index in [0.29, 0.717) is 6.04 Å². The van der Waals surface area contributed by atoms with Crippen LogP contribution in [0, 0.1) is 0 Å². The Morgan fingerprint density at radius 2 is 2.20 bits per heavy atom. The number of carbonyl (C=O) groups excluding carboxylic acids is 1. The van der Waals surface area contributed by atoms with Gasteiger partial charge in [0.05, 0.1) is 5.70 Å². The third kappa shape index (κ3) is 2.15. The van der Waals surface area contributed by atoms with Crippen molar-refractivity contribution < 1.29 is 4.79 Å². The van der Waals surface area contributed by atoms with Crippen molar-refractivity contribution in [2.45, 2.75) is 70.9 Å². The monoisotopic (exact) mass is 277 g/mol. The van der Waals surface area contributed by atoms with Crippen LogP contribution in [0.2, 0.25) is 0 Å². The van der Waals surface area contributed by atoms with Gasteiger partial charge in [-0.05, 0) is 32.1 Å². The lowest BCUT2D eigenvalue weighted by Gasteiger charge is -2.46. The highest BCUT2D eigenvalue weighted by molar-refractivity contribution is 6.09. The van der Waals surface area contributed by atoms with Crippen LogP contribution in [0.1, 0.15) is 59.3 Å². The van der Waals surface area contributed by atoms with E-state index in [1.54, 1.807) is 0 Å². The summed E-state index contributed by atoms with van der Waals surface area (Å²) in [5.74, 6) is 1.13. The predicted octanol–water partition coefficient (Wildman–Crippen LogP) is 2.85. The van der Waals surface area contributed by atoms with Crippen LogP contribution < -0.4 is 5.32 Å². The third-order valence-electron chi connectivity index (χ3n) is 4.76. The quantitative estimate of drug-likeness (QED) is 0.859. The number of amidine groups is 1. The van der Waals surface area contributed by atoms with E-state index < -0.39 is 0 Å². The van der Waals surface area contributed by atoms with Gasteiger partial charge < -0.3 is 10.2 Å². The molecular weight excluding hydrogens is 250 g/mol. The molecule has 2 fully saturated rings. The molecule has 1 N–H and O–H groups in total. The first-order valence-corrected chi connectivity index (χ1v) is 7.92. The van der Waals surface area contributed by atoms with Crippen LogP contribution in [-0.4, -0.2) is 35.3 Å². The maximum absolute atomic E-state index is 12.7. The van der Waals surface area contributed by atoms with E-state index in [2.05, 4.69) is 42.1 Å². The first kappa shape index (κ1) is 15.1. The number of piperazine rings is 1. The van der Waals surface area contributed by atoms with Crippen molar-refractivity contribution in [3.63, 3.8) is 0 Å². The Bertz CT molecular complexity index is 441. The number of nitrogens with one attached hydrogen (secondary N) is 1. The molecule has 0 aromatic carbocycles. The van der Waals surface area contributed by atoms with Crippen molar-refractivity contribution in [1.82, 2.24) is 10.2 Å². The molecule has 2 heterocycles. The fraction of sp³-hybridized carbons (Fsp3) is 0.750. The fourth-order valence-corrected chi connectivity index (χ4v) is 3.58. The number of hydrogen-bond donors (Lipinski definition) is 1. The molecule has 2 atom stereocenters. The van der Waals surface area contributed by atoms with Crippen molar-refractivity contribution >= 4 is 11.7 Å². The maximum Gasteiger partial charge on any atom is 0.250 e. The zero-order valence-electron chi connectivity index (χ0n) is 13.2. The lowest BCUT2D eigenvalue weighted by molar-refractivity contribution is -0.131. The van der Waals surface area contributed by atoms with E-state index in [-0.39, 0.29) is 11.4 Å². The predicted molar refractivity (Wildman–Crippen MR) is 82.7 cm³/mol. The van der Waals surface area contributed by atoms with Crippen molar-refractivity contribution in [3.05, 3.63) is 11.8 Å². The molecule has 4 nitrogen and oxygen atoms in total. The van der Waals surface area contributed by atoms with Crippen molar-refractivity contribution in [1.29, 1.82) is 0 Å². The van der Waals surface area contributed by atoms with Gasteiger partial charge in [-0.25, -0.2) is 0 Å². The number of rotatable bonds is 4. The minimum Gasteiger partial charge on any atom is -0.337 e. The number of unbranched alkanes of at least 4 members (excludes halogenated alkanes) is 1. The highest BCUT2D eigenvalue weighted by Crippen LogP contribution is 2.41. The Labute approximate surface area is 122 Å². The third-order valence-corrected chi connectivity index (χ3v) is 4.76. The van der Waals surface area contributed by atoms with Gasteiger partial charge in [0, 0.05) is 13.1 Å². The molecule has 2 aliphatic heterocycles. The molecule has 2 unspecified atom stereocenters. The summed E-state index contributed by atoms with van der Waals surface area (Å²) in [7, 11) is 1.83. The lowest BCUT2D eigenvalue weighted by atomic mass is 9.89. The Morgan fingerprint density at radius 3 is 2.75 bits per heavy atom. The Kier molecular flexibility index (Phi) is 4.51. The summed E-state index contributed by atoms with van der Waals surface area (Å²) in [5, 5.41) is 3.11. The first-order chi connectivity index (χ1) is 9.64. The Hall–Kier alpha value is -1.32. The lowest BCUT2D eigenvalue weighted by Crippen LogP contribution is -2.64. The Morgan fingerprint density at radius 1 is 1.45 bits per heavy atom. The number of allylic oxidation sites excluding steroid dienone is 1. The second kappa shape index (κ2) is 5.98. The van der Waals surface area contributed by atoms with Gasteiger partial charge in [-0.2, -0.15) is 0 Å². The number of hydrogen-bond acceptors (Lipinski definition) is 2. The molecule has 112 valence electrons. The molecule has 2 aliphatic rings. The second-order valence-electron chi connectivity index (χ2n) is 5.76. The number of aliphatic imine (C=N–C) groups is 1. The van der Waals surface area contributed by atoms with Gasteiger partial charge in [0.1, 0.15) is 11.4 Å². The van der Waals surface area contributed by atoms with Gasteiger partial charge in [0.2, 0.25) is 5.91 Å². The average molecular weight is 277 g/mol. The zero-order chi connectivity index (χ0) is 14.8. The maximum atomic E-state index is 12.7. The summed E-state index contributed by atoms with van der Waals surface area (Å²) in [6, 6.07) is 0.435. The molecule has 20 heavy (non-hydrogen) atoms. The number of carbonyl (C=O) groups is 1. The van der Waals surface area contributed by atoms with E-state index >= 15 is 0 Å². The van der Waals surface area contributed by atoms with Crippen molar-refractivity contribution in [2.24, 2.45) is 4.99 Å². The molecule has 0 bridgehead atoms. The number of amides is 1. The number of nitrogens with zero attached hydrogens (tertiary/aromatic N) is 2. The van der Waals surface area contributed by atoms with Crippen molar-refractivity contribution in [3.8, 4) is 0 Å². The van der Waals surface area contributed by atoms with E-state index in [0.717, 1.165) is 50.1 Å². The summed E-state index contributed by atoms with van der Waals surface area (Å²) >= 11 is 0. The highest BCUT2D eigenvalue weighted by atomic mass is 16.2. The molecule has 0 aliphatic carbocycles. The van der Waals surface area contributed by atoms with Gasteiger partial charge in [-0.15, -0.1) is 0 Å². The molecule has 2 rings (SSSR count). The molecule has 0 saturated carbocycles. The minimum atomic E-state index is -0.376. The molecule has 1 amide bonds. The second-order valence-corrected chi connectivity index (χ2v) is 5.76. The van der Waals surface area contributed by atoms with Crippen LogP contribution in [0.5, 0.6) is 0 Å². The van der Waals surface area contributed by atoms with Crippen LogP contribution in [0.4, 0.5) is 0 Å². The molecule has 4 heteroatoms. The summed E-state index contributed by atoms with van der Waals surface area (Å²) in [4.78, 5) is 19.5. The van der Waals surface area contributed by atoms with E-state index in [9.17, 15) is 4.79 Å². The van der Waals surface area contributed by atoms with Gasteiger partial charge in [-0.3, -0.25) is 9.79 Å². The van der Waals surface area contributed by atoms with Gasteiger partial charge in [0.25, 0.3) is 0 Å². The molecule has 0 spiro atoms. The van der Waals surface area contributed by atoms with Crippen LogP contribution in [0.15, 0.2) is 16.8 Å². The fourth-order valence-electron chi connectivity index (χ4n) is 3.58. The molecular formula is C16H27N3O. The SMILES string of the molecule is CCC/C=C1/NC(=O)C2(CC)CCC(CC)N2C1=NC. The summed E-state index contributed by atoms with van der Waals surface area (Å²) < 4.78 is 0.